The van der Waals surface area contributed by atoms with Crippen molar-refractivity contribution in [3.8, 4) is 0 Å². The predicted octanol–water partition coefficient (Wildman–Crippen LogP) is 2.98. The molecule has 1 aliphatic heterocycles. The standard InChI is InChI=1S/C14H30N2/c1-6-8-14-11-15(12(2)3)9-7-10-16(14)13(4)5/h12-14H,6-11H2,1-5H3/t14-/m0/s1. The molecule has 16 heavy (non-hydrogen) atoms. The van der Waals surface area contributed by atoms with Crippen LogP contribution >= 0.6 is 0 Å². The molecule has 1 atom stereocenters. The third-order valence-corrected chi connectivity index (χ3v) is 3.79. The molecule has 0 radical (unpaired) electrons. The van der Waals surface area contributed by atoms with Crippen molar-refractivity contribution in [1.82, 2.24) is 9.80 Å². The van der Waals surface area contributed by atoms with Gasteiger partial charge in [-0.25, -0.2) is 0 Å². The summed E-state index contributed by atoms with van der Waals surface area (Å²) in [7, 11) is 0. The third-order valence-electron chi connectivity index (χ3n) is 3.79. The second kappa shape index (κ2) is 6.61. The molecule has 0 spiro atoms. The van der Waals surface area contributed by atoms with Crippen LogP contribution in [0.5, 0.6) is 0 Å². The largest absolute Gasteiger partial charge is 0.299 e. The molecule has 0 saturated carbocycles. The quantitative estimate of drug-likeness (QED) is 0.727. The molecule has 0 bridgehead atoms. The zero-order valence-electron chi connectivity index (χ0n) is 11.9. The number of hydrogen-bond donors (Lipinski definition) is 0. The lowest BCUT2D eigenvalue weighted by Gasteiger charge is -2.35. The van der Waals surface area contributed by atoms with Crippen molar-refractivity contribution in [1.29, 1.82) is 0 Å². The smallest absolute Gasteiger partial charge is 0.0225 e. The van der Waals surface area contributed by atoms with Crippen molar-refractivity contribution in [2.24, 2.45) is 0 Å². The second-order valence-corrected chi connectivity index (χ2v) is 5.72. The van der Waals surface area contributed by atoms with Gasteiger partial charge in [-0.1, -0.05) is 13.3 Å². The van der Waals surface area contributed by atoms with Gasteiger partial charge in [0.25, 0.3) is 0 Å². The van der Waals surface area contributed by atoms with Crippen molar-refractivity contribution in [2.45, 2.75) is 72.0 Å². The molecule has 96 valence electrons. The Kier molecular flexibility index (Phi) is 5.77. The Bertz CT molecular complexity index is 189. The molecule has 0 aromatic carbocycles. The minimum Gasteiger partial charge on any atom is -0.299 e. The van der Waals surface area contributed by atoms with Crippen LogP contribution in [0.3, 0.4) is 0 Å². The van der Waals surface area contributed by atoms with Crippen LogP contribution in [0.1, 0.15) is 53.9 Å². The lowest BCUT2D eigenvalue weighted by Crippen LogP contribution is -2.45. The highest BCUT2D eigenvalue weighted by Crippen LogP contribution is 2.18. The fourth-order valence-corrected chi connectivity index (χ4v) is 2.84. The van der Waals surface area contributed by atoms with Gasteiger partial charge < -0.3 is 0 Å². The summed E-state index contributed by atoms with van der Waals surface area (Å²) in [6, 6.07) is 2.17. The molecule has 1 aliphatic rings. The Morgan fingerprint density at radius 3 is 2.25 bits per heavy atom. The molecule has 2 nitrogen and oxygen atoms in total. The number of hydrogen-bond acceptors (Lipinski definition) is 2. The van der Waals surface area contributed by atoms with E-state index in [9.17, 15) is 0 Å². The van der Waals surface area contributed by atoms with Crippen molar-refractivity contribution in [2.75, 3.05) is 19.6 Å². The van der Waals surface area contributed by atoms with Crippen LogP contribution < -0.4 is 0 Å². The van der Waals surface area contributed by atoms with Crippen molar-refractivity contribution < 1.29 is 0 Å². The third kappa shape index (κ3) is 3.74. The van der Waals surface area contributed by atoms with Gasteiger partial charge in [-0.3, -0.25) is 9.80 Å². The molecule has 0 aliphatic carbocycles. The highest BCUT2D eigenvalue weighted by atomic mass is 15.3. The van der Waals surface area contributed by atoms with Gasteiger partial charge in [0.2, 0.25) is 0 Å². The van der Waals surface area contributed by atoms with Crippen LogP contribution in [0.25, 0.3) is 0 Å². The number of rotatable bonds is 4. The highest BCUT2D eigenvalue weighted by Gasteiger charge is 2.26. The molecule has 1 saturated heterocycles. The van der Waals surface area contributed by atoms with Crippen LogP contribution in [0.2, 0.25) is 0 Å². The van der Waals surface area contributed by atoms with Crippen LogP contribution in [0.4, 0.5) is 0 Å². The molecule has 2 heteroatoms. The first-order valence-electron chi connectivity index (χ1n) is 7.06. The molecule has 1 fully saturated rings. The fourth-order valence-electron chi connectivity index (χ4n) is 2.84. The van der Waals surface area contributed by atoms with Gasteiger partial charge in [0.1, 0.15) is 0 Å². The summed E-state index contributed by atoms with van der Waals surface area (Å²) >= 11 is 0. The maximum atomic E-state index is 2.71. The maximum absolute atomic E-state index is 2.71. The second-order valence-electron chi connectivity index (χ2n) is 5.72. The van der Waals surface area contributed by atoms with Crippen molar-refractivity contribution >= 4 is 0 Å². The molecular formula is C14H30N2. The van der Waals surface area contributed by atoms with Gasteiger partial charge in [0.05, 0.1) is 0 Å². The summed E-state index contributed by atoms with van der Waals surface area (Å²) in [6.07, 6.45) is 3.98. The van der Waals surface area contributed by atoms with Gasteiger partial charge in [0, 0.05) is 24.7 Å². The normalized spacial score (nSPS) is 25.3. The molecule has 0 N–H and O–H groups in total. The maximum Gasteiger partial charge on any atom is 0.0225 e. The first kappa shape index (κ1) is 14.0. The van der Waals surface area contributed by atoms with Crippen LogP contribution in [-0.4, -0.2) is 47.6 Å². The van der Waals surface area contributed by atoms with Gasteiger partial charge in [-0.2, -0.15) is 0 Å². The Balaban J connectivity index is 2.66. The van der Waals surface area contributed by atoms with E-state index in [-0.39, 0.29) is 0 Å². The fraction of sp³-hybridized carbons (Fsp3) is 1.00. The SMILES string of the molecule is CCC[C@H]1CN(C(C)C)CCCN1C(C)C. The van der Waals surface area contributed by atoms with E-state index in [1.54, 1.807) is 0 Å². The summed E-state index contributed by atoms with van der Waals surface area (Å²) in [4.78, 5) is 5.37. The molecule has 0 unspecified atom stereocenters. The van der Waals surface area contributed by atoms with E-state index in [2.05, 4.69) is 44.4 Å². The van der Waals surface area contributed by atoms with E-state index in [0.717, 1.165) is 6.04 Å². The first-order chi connectivity index (χ1) is 7.56. The Labute approximate surface area is 102 Å². The highest BCUT2D eigenvalue weighted by molar-refractivity contribution is 4.82. The van der Waals surface area contributed by atoms with E-state index in [1.165, 1.54) is 38.9 Å². The van der Waals surface area contributed by atoms with E-state index in [0.29, 0.717) is 12.1 Å². The minimum atomic E-state index is 0.698. The van der Waals surface area contributed by atoms with Gasteiger partial charge in [0.15, 0.2) is 0 Å². The Morgan fingerprint density at radius 2 is 1.75 bits per heavy atom. The van der Waals surface area contributed by atoms with E-state index in [4.69, 9.17) is 0 Å². The lowest BCUT2D eigenvalue weighted by molar-refractivity contribution is 0.126. The zero-order chi connectivity index (χ0) is 12.1. The Hall–Kier alpha value is -0.0800. The molecule has 0 aromatic heterocycles. The lowest BCUT2D eigenvalue weighted by atomic mass is 10.1. The molecule has 1 heterocycles. The van der Waals surface area contributed by atoms with Crippen LogP contribution in [-0.2, 0) is 0 Å². The Morgan fingerprint density at radius 1 is 1.06 bits per heavy atom. The summed E-state index contributed by atoms with van der Waals surface area (Å²) in [5.74, 6) is 0. The van der Waals surface area contributed by atoms with Crippen molar-refractivity contribution in [3.63, 3.8) is 0 Å². The van der Waals surface area contributed by atoms with Crippen molar-refractivity contribution in [3.05, 3.63) is 0 Å². The monoisotopic (exact) mass is 226 g/mol. The summed E-state index contributed by atoms with van der Waals surface area (Å²) in [5, 5.41) is 0. The minimum absolute atomic E-state index is 0.698. The van der Waals surface area contributed by atoms with Crippen LogP contribution in [0, 0.1) is 0 Å². The van der Waals surface area contributed by atoms with Gasteiger partial charge >= 0.3 is 0 Å². The van der Waals surface area contributed by atoms with Gasteiger partial charge in [-0.05, 0) is 53.6 Å². The van der Waals surface area contributed by atoms with E-state index in [1.807, 2.05) is 0 Å². The molecular weight excluding hydrogens is 196 g/mol. The van der Waals surface area contributed by atoms with Crippen LogP contribution in [0.15, 0.2) is 0 Å². The topological polar surface area (TPSA) is 6.48 Å². The summed E-state index contributed by atoms with van der Waals surface area (Å²) < 4.78 is 0. The molecule has 0 aromatic rings. The average molecular weight is 226 g/mol. The predicted molar refractivity (Wildman–Crippen MR) is 71.9 cm³/mol. The summed E-state index contributed by atoms with van der Waals surface area (Å²) in [6.45, 7) is 15.5. The van der Waals surface area contributed by atoms with E-state index >= 15 is 0 Å². The average Bonchev–Trinajstić information content (AvgIpc) is 2.40. The van der Waals surface area contributed by atoms with E-state index < -0.39 is 0 Å². The first-order valence-corrected chi connectivity index (χ1v) is 7.06. The van der Waals surface area contributed by atoms with Gasteiger partial charge in [-0.15, -0.1) is 0 Å². The molecule has 0 amide bonds. The summed E-state index contributed by atoms with van der Waals surface area (Å²) in [5.41, 5.74) is 0. The zero-order valence-corrected chi connectivity index (χ0v) is 11.9. The number of nitrogens with zero attached hydrogens (tertiary/aromatic N) is 2. The molecule has 1 rings (SSSR count).